The smallest absolute Gasteiger partial charge is 0.0926 e. The molecule has 74 valence electrons. The first kappa shape index (κ1) is 9.71. The molecule has 0 saturated carbocycles. The van der Waals surface area contributed by atoms with E-state index in [1.54, 1.807) is 0 Å². The van der Waals surface area contributed by atoms with Crippen molar-refractivity contribution in [3.8, 4) is 0 Å². The molecule has 0 unspecified atom stereocenters. The molecule has 1 aromatic carbocycles. The number of rotatable bonds is 2. The van der Waals surface area contributed by atoms with Crippen LogP contribution in [0.25, 0.3) is 10.9 Å². The Kier molecular flexibility index (Phi) is 2.59. The summed E-state index contributed by atoms with van der Waals surface area (Å²) >= 11 is 3.48. The van der Waals surface area contributed by atoms with E-state index in [4.69, 9.17) is 0 Å². The number of hydrogen-bond acceptors (Lipinski definition) is 1. The SMILES string of the molecule is CCCn1nc2ccc(Br)cc2c1C. The third kappa shape index (κ3) is 1.57. The molecule has 0 aliphatic carbocycles. The molecule has 0 bridgehead atoms. The molecular weight excluding hydrogens is 240 g/mol. The van der Waals surface area contributed by atoms with Crippen LogP contribution in [-0.2, 0) is 6.54 Å². The monoisotopic (exact) mass is 252 g/mol. The second-order valence-corrected chi connectivity index (χ2v) is 4.39. The first-order chi connectivity index (χ1) is 6.72. The highest BCUT2D eigenvalue weighted by molar-refractivity contribution is 9.10. The molecule has 0 N–H and O–H groups in total. The molecule has 3 heteroatoms. The van der Waals surface area contributed by atoms with Gasteiger partial charge in [-0.25, -0.2) is 0 Å². The minimum atomic E-state index is 0.998. The highest BCUT2D eigenvalue weighted by Crippen LogP contribution is 2.22. The molecular formula is C11H13BrN2. The number of hydrogen-bond donors (Lipinski definition) is 0. The van der Waals surface area contributed by atoms with E-state index < -0.39 is 0 Å². The van der Waals surface area contributed by atoms with Crippen LogP contribution < -0.4 is 0 Å². The van der Waals surface area contributed by atoms with Crippen molar-refractivity contribution in [3.63, 3.8) is 0 Å². The lowest BCUT2D eigenvalue weighted by Crippen LogP contribution is -2.00. The van der Waals surface area contributed by atoms with Crippen LogP contribution in [0.15, 0.2) is 22.7 Å². The van der Waals surface area contributed by atoms with Gasteiger partial charge in [0.05, 0.1) is 5.52 Å². The van der Waals surface area contributed by atoms with Gasteiger partial charge in [0.25, 0.3) is 0 Å². The third-order valence-electron chi connectivity index (χ3n) is 2.40. The summed E-state index contributed by atoms with van der Waals surface area (Å²) in [5.74, 6) is 0. The predicted octanol–water partition coefficient (Wildman–Crippen LogP) is 3.52. The topological polar surface area (TPSA) is 17.8 Å². The van der Waals surface area contributed by atoms with Gasteiger partial charge >= 0.3 is 0 Å². The molecule has 2 nitrogen and oxygen atoms in total. The Morgan fingerprint density at radius 1 is 1.43 bits per heavy atom. The fourth-order valence-corrected chi connectivity index (χ4v) is 2.02. The zero-order valence-electron chi connectivity index (χ0n) is 8.42. The summed E-state index contributed by atoms with van der Waals surface area (Å²) < 4.78 is 3.20. The summed E-state index contributed by atoms with van der Waals surface area (Å²) in [6, 6.07) is 6.22. The van der Waals surface area contributed by atoms with Crippen LogP contribution >= 0.6 is 15.9 Å². The fraction of sp³-hybridized carbons (Fsp3) is 0.364. The molecule has 0 aliphatic heterocycles. The molecule has 14 heavy (non-hydrogen) atoms. The number of aromatic nitrogens is 2. The molecule has 0 aliphatic rings. The maximum atomic E-state index is 4.54. The van der Waals surface area contributed by atoms with Crippen LogP contribution in [0.5, 0.6) is 0 Å². The van der Waals surface area contributed by atoms with Crippen LogP contribution in [0.2, 0.25) is 0 Å². The van der Waals surface area contributed by atoms with Crippen molar-refractivity contribution in [2.75, 3.05) is 0 Å². The average molecular weight is 253 g/mol. The molecule has 2 aromatic rings. The standard InChI is InChI=1S/C11H13BrN2/c1-3-6-14-8(2)10-7-9(12)4-5-11(10)13-14/h4-5,7H,3,6H2,1-2H3. The Bertz CT molecular complexity index is 460. The lowest BCUT2D eigenvalue weighted by atomic mass is 10.2. The van der Waals surface area contributed by atoms with Crippen molar-refractivity contribution < 1.29 is 0 Å². The minimum Gasteiger partial charge on any atom is -0.269 e. The first-order valence-corrected chi connectivity index (χ1v) is 5.64. The Balaban J connectivity index is 2.62. The molecule has 0 spiro atoms. The zero-order valence-corrected chi connectivity index (χ0v) is 10.0. The van der Waals surface area contributed by atoms with Gasteiger partial charge in [-0.05, 0) is 31.5 Å². The summed E-state index contributed by atoms with van der Waals surface area (Å²) in [5, 5.41) is 5.78. The van der Waals surface area contributed by atoms with Gasteiger partial charge in [-0.2, -0.15) is 5.10 Å². The van der Waals surface area contributed by atoms with E-state index >= 15 is 0 Å². The quantitative estimate of drug-likeness (QED) is 0.800. The van der Waals surface area contributed by atoms with E-state index in [-0.39, 0.29) is 0 Å². The first-order valence-electron chi connectivity index (χ1n) is 4.85. The summed E-state index contributed by atoms with van der Waals surface area (Å²) in [6.07, 6.45) is 1.12. The average Bonchev–Trinajstić information content (AvgIpc) is 2.46. The van der Waals surface area contributed by atoms with E-state index in [1.165, 1.54) is 11.1 Å². The van der Waals surface area contributed by atoms with Gasteiger partial charge in [0.2, 0.25) is 0 Å². The van der Waals surface area contributed by atoms with Crippen LogP contribution in [0.1, 0.15) is 19.0 Å². The van der Waals surface area contributed by atoms with E-state index in [0.717, 1.165) is 23.0 Å². The van der Waals surface area contributed by atoms with Gasteiger partial charge in [-0.1, -0.05) is 22.9 Å². The lowest BCUT2D eigenvalue weighted by Gasteiger charge is -1.99. The Morgan fingerprint density at radius 2 is 2.21 bits per heavy atom. The molecule has 1 aromatic heterocycles. The van der Waals surface area contributed by atoms with Crippen molar-refractivity contribution in [1.82, 2.24) is 9.78 Å². The van der Waals surface area contributed by atoms with Crippen molar-refractivity contribution in [1.29, 1.82) is 0 Å². The highest BCUT2D eigenvalue weighted by Gasteiger charge is 2.06. The minimum absolute atomic E-state index is 0.998. The van der Waals surface area contributed by atoms with E-state index in [2.05, 4.69) is 51.7 Å². The summed E-state index contributed by atoms with van der Waals surface area (Å²) in [7, 11) is 0. The highest BCUT2D eigenvalue weighted by atomic mass is 79.9. The third-order valence-corrected chi connectivity index (χ3v) is 2.89. The Morgan fingerprint density at radius 3 is 2.93 bits per heavy atom. The number of halogens is 1. The number of benzene rings is 1. The number of nitrogens with zero attached hydrogens (tertiary/aromatic N) is 2. The van der Waals surface area contributed by atoms with Crippen molar-refractivity contribution in [2.24, 2.45) is 0 Å². The van der Waals surface area contributed by atoms with Gasteiger partial charge in [-0.3, -0.25) is 4.68 Å². The second kappa shape index (κ2) is 3.73. The van der Waals surface area contributed by atoms with Crippen molar-refractivity contribution in [2.45, 2.75) is 26.8 Å². The van der Waals surface area contributed by atoms with Crippen LogP contribution in [0.3, 0.4) is 0 Å². The van der Waals surface area contributed by atoms with Gasteiger partial charge in [0, 0.05) is 22.1 Å². The summed E-state index contributed by atoms with van der Waals surface area (Å²) in [5.41, 5.74) is 2.34. The van der Waals surface area contributed by atoms with Gasteiger partial charge in [-0.15, -0.1) is 0 Å². The molecule has 2 rings (SSSR count). The normalized spacial score (nSPS) is 11.1. The number of fused-ring (bicyclic) bond motifs is 1. The van der Waals surface area contributed by atoms with Crippen molar-refractivity contribution >= 4 is 26.8 Å². The molecule has 1 heterocycles. The molecule has 0 amide bonds. The van der Waals surface area contributed by atoms with E-state index in [1.807, 2.05) is 6.07 Å². The molecule has 0 fully saturated rings. The van der Waals surface area contributed by atoms with Crippen LogP contribution in [-0.4, -0.2) is 9.78 Å². The zero-order chi connectivity index (χ0) is 10.1. The fourth-order valence-electron chi connectivity index (χ4n) is 1.66. The summed E-state index contributed by atoms with van der Waals surface area (Å²) in [4.78, 5) is 0. The maximum absolute atomic E-state index is 4.54. The van der Waals surface area contributed by atoms with Crippen molar-refractivity contribution in [3.05, 3.63) is 28.4 Å². The van der Waals surface area contributed by atoms with Crippen LogP contribution in [0.4, 0.5) is 0 Å². The molecule has 0 radical (unpaired) electrons. The largest absolute Gasteiger partial charge is 0.269 e. The summed E-state index contributed by atoms with van der Waals surface area (Å²) in [6.45, 7) is 5.29. The molecule has 0 atom stereocenters. The second-order valence-electron chi connectivity index (χ2n) is 3.47. The van der Waals surface area contributed by atoms with E-state index in [9.17, 15) is 0 Å². The predicted molar refractivity (Wildman–Crippen MR) is 62.5 cm³/mol. The van der Waals surface area contributed by atoms with Gasteiger partial charge in [0.15, 0.2) is 0 Å². The van der Waals surface area contributed by atoms with E-state index in [0.29, 0.717) is 0 Å². The lowest BCUT2D eigenvalue weighted by molar-refractivity contribution is 0.593. The van der Waals surface area contributed by atoms with Gasteiger partial charge in [0.1, 0.15) is 0 Å². The Hall–Kier alpha value is -0.830. The maximum Gasteiger partial charge on any atom is 0.0926 e. The Labute approximate surface area is 92.0 Å². The molecule has 0 saturated heterocycles. The number of aryl methyl sites for hydroxylation is 2. The van der Waals surface area contributed by atoms with Gasteiger partial charge < -0.3 is 0 Å². The van der Waals surface area contributed by atoms with Crippen LogP contribution in [0, 0.1) is 6.92 Å².